The van der Waals surface area contributed by atoms with Crippen LogP contribution in [0, 0.1) is 35.1 Å². The van der Waals surface area contributed by atoms with E-state index < -0.39 is 23.3 Å². The first kappa shape index (κ1) is 24.0. The van der Waals surface area contributed by atoms with Crippen molar-refractivity contribution in [1.82, 2.24) is 4.98 Å². The number of hydrogen-bond acceptors (Lipinski definition) is 2. The summed E-state index contributed by atoms with van der Waals surface area (Å²) in [6.45, 7) is 2.37. The minimum Gasteiger partial charge on any atom is -0.488 e. The molecule has 3 aromatic carbocycles. The molecule has 0 atom stereocenters. The van der Waals surface area contributed by atoms with Crippen LogP contribution in [0.3, 0.4) is 0 Å². The van der Waals surface area contributed by atoms with E-state index in [-0.39, 0.29) is 5.56 Å². The van der Waals surface area contributed by atoms with Crippen LogP contribution in [-0.4, -0.2) is 11.6 Å². The molecule has 0 radical (unpaired) electrons. The SMILES string of the molecule is C/C=C/COc1ccc(CCc2cc(F)c(C#Cc3ccc4cc(F)c(F)cc4c3)c(F)c2)nc1. The summed E-state index contributed by atoms with van der Waals surface area (Å²) < 4.78 is 61.6. The molecule has 0 saturated heterocycles. The van der Waals surface area contributed by atoms with E-state index in [4.69, 9.17) is 4.74 Å². The maximum atomic E-state index is 14.6. The average molecular weight is 475 g/mol. The second-order valence-corrected chi connectivity index (χ2v) is 7.88. The zero-order chi connectivity index (χ0) is 24.8. The summed E-state index contributed by atoms with van der Waals surface area (Å²) in [6.07, 6.45) is 6.31. The van der Waals surface area contributed by atoms with Gasteiger partial charge >= 0.3 is 0 Å². The van der Waals surface area contributed by atoms with Crippen molar-refractivity contribution >= 4 is 10.8 Å². The molecule has 176 valence electrons. The Kier molecular flexibility index (Phi) is 7.47. The van der Waals surface area contributed by atoms with Crippen LogP contribution in [0.4, 0.5) is 17.6 Å². The molecule has 0 saturated carbocycles. The highest BCUT2D eigenvalue weighted by molar-refractivity contribution is 5.84. The van der Waals surface area contributed by atoms with Crippen molar-refractivity contribution in [3.8, 4) is 17.6 Å². The third kappa shape index (κ3) is 6.07. The molecule has 35 heavy (non-hydrogen) atoms. The van der Waals surface area contributed by atoms with Gasteiger partial charge in [-0.2, -0.15) is 0 Å². The summed E-state index contributed by atoms with van der Waals surface area (Å²) in [6, 6.07) is 13.0. The fourth-order valence-electron chi connectivity index (χ4n) is 3.50. The highest BCUT2D eigenvalue weighted by Crippen LogP contribution is 2.21. The number of aryl methyl sites for hydroxylation is 2. The fourth-order valence-corrected chi connectivity index (χ4v) is 3.50. The molecule has 0 aliphatic carbocycles. The molecule has 6 heteroatoms. The van der Waals surface area contributed by atoms with Crippen LogP contribution in [0.25, 0.3) is 10.8 Å². The average Bonchev–Trinajstić information content (AvgIpc) is 2.84. The largest absolute Gasteiger partial charge is 0.488 e. The Morgan fingerprint density at radius 2 is 1.54 bits per heavy atom. The lowest BCUT2D eigenvalue weighted by atomic mass is 10.0. The molecule has 0 bridgehead atoms. The van der Waals surface area contributed by atoms with Crippen molar-refractivity contribution in [2.45, 2.75) is 19.8 Å². The Balaban J connectivity index is 1.45. The van der Waals surface area contributed by atoms with Gasteiger partial charge in [0.05, 0.1) is 11.8 Å². The molecule has 0 amide bonds. The van der Waals surface area contributed by atoms with Gasteiger partial charge in [-0.1, -0.05) is 30.1 Å². The number of allylic oxidation sites excluding steroid dienone is 1. The van der Waals surface area contributed by atoms with Crippen LogP contribution in [0.1, 0.15) is 29.3 Å². The smallest absolute Gasteiger partial charge is 0.159 e. The zero-order valence-electron chi connectivity index (χ0n) is 18.9. The lowest BCUT2D eigenvalue weighted by Gasteiger charge is -2.06. The minimum absolute atomic E-state index is 0.347. The summed E-state index contributed by atoms with van der Waals surface area (Å²) in [4.78, 5) is 4.33. The van der Waals surface area contributed by atoms with Crippen molar-refractivity contribution in [2.24, 2.45) is 0 Å². The third-order valence-electron chi connectivity index (χ3n) is 5.36. The van der Waals surface area contributed by atoms with Crippen LogP contribution in [0.5, 0.6) is 5.75 Å². The van der Waals surface area contributed by atoms with E-state index in [1.807, 2.05) is 31.2 Å². The Bertz CT molecular complexity index is 1430. The number of nitrogens with zero attached hydrogens (tertiary/aromatic N) is 1. The van der Waals surface area contributed by atoms with Gasteiger partial charge in [0.1, 0.15) is 24.0 Å². The number of aromatic nitrogens is 1. The quantitative estimate of drug-likeness (QED) is 0.171. The lowest BCUT2D eigenvalue weighted by molar-refractivity contribution is 0.361. The predicted molar refractivity (Wildman–Crippen MR) is 128 cm³/mol. The first-order chi connectivity index (χ1) is 16.9. The molecule has 0 N–H and O–H groups in total. The Morgan fingerprint density at radius 3 is 2.23 bits per heavy atom. The highest BCUT2D eigenvalue weighted by Gasteiger charge is 2.10. The van der Waals surface area contributed by atoms with E-state index in [9.17, 15) is 17.6 Å². The molecule has 0 spiro atoms. The number of halogens is 4. The number of benzene rings is 3. The molecular weight excluding hydrogens is 454 g/mol. The fraction of sp³-hybridized carbons (Fsp3) is 0.138. The molecule has 1 heterocycles. The molecule has 0 aliphatic rings. The number of hydrogen-bond donors (Lipinski definition) is 0. The second kappa shape index (κ2) is 10.9. The molecule has 0 fully saturated rings. The number of pyridine rings is 1. The van der Waals surface area contributed by atoms with E-state index in [0.29, 0.717) is 47.1 Å². The van der Waals surface area contributed by atoms with Crippen LogP contribution in [0.2, 0.25) is 0 Å². The first-order valence-corrected chi connectivity index (χ1v) is 11.0. The molecule has 0 aliphatic heterocycles. The predicted octanol–water partition coefficient (Wildman–Crippen LogP) is 6.93. The summed E-state index contributed by atoms with van der Waals surface area (Å²) in [7, 11) is 0. The maximum Gasteiger partial charge on any atom is 0.159 e. The van der Waals surface area contributed by atoms with Gasteiger partial charge in [0.25, 0.3) is 0 Å². The standard InChI is InChI=1S/C29H21F4NO/c1-2-3-12-35-24-10-9-23(34-18-24)8-5-20-14-26(30)25(27(31)15-20)11-6-19-4-7-21-16-28(32)29(33)17-22(21)13-19/h2-4,7,9-10,13-18H,5,8,12H2,1H3/b3-2+. The molecule has 0 unspecified atom stereocenters. The Hall–Kier alpha value is -4.11. The van der Waals surface area contributed by atoms with Gasteiger partial charge in [-0.15, -0.1) is 0 Å². The van der Waals surface area contributed by atoms with Crippen molar-refractivity contribution in [1.29, 1.82) is 0 Å². The summed E-state index contributed by atoms with van der Waals surface area (Å²) in [5.41, 5.74) is 1.35. The van der Waals surface area contributed by atoms with Crippen LogP contribution in [0.15, 0.2) is 72.9 Å². The molecule has 1 aromatic heterocycles. The minimum atomic E-state index is -0.973. The lowest BCUT2D eigenvalue weighted by Crippen LogP contribution is -1.99. The molecule has 4 aromatic rings. The molecule has 4 rings (SSSR count). The summed E-state index contributed by atoms with van der Waals surface area (Å²) in [5, 5.41) is 0.944. The summed E-state index contributed by atoms with van der Waals surface area (Å²) in [5.74, 6) is 2.42. The van der Waals surface area contributed by atoms with Gasteiger partial charge in [-0.3, -0.25) is 4.98 Å². The number of rotatable bonds is 6. The van der Waals surface area contributed by atoms with Crippen LogP contribution < -0.4 is 4.74 Å². The van der Waals surface area contributed by atoms with Crippen molar-refractivity contribution in [3.05, 3.63) is 119 Å². The number of fused-ring (bicyclic) bond motifs is 1. The molecule has 2 nitrogen and oxygen atoms in total. The van der Waals surface area contributed by atoms with Gasteiger partial charge in [-0.25, -0.2) is 17.6 Å². The monoisotopic (exact) mass is 475 g/mol. The van der Waals surface area contributed by atoms with Crippen molar-refractivity contribution in [3.63, 3.8) is 0 Å². The van der Waals surface area contributed by atoms with Crippen LogP contribution in [-0.2, 0) is 12.8 Å². The normalized spacial score (nSPS) is 11.0. The Labute approximate surface area is 200 Å². The van der Waals surface area contributed by atoms with E-state index in [2.05, 4.69) is 16.8 Å². The van der Waals surface area contributed by atoms with Gasteiger partial charge in [0.15, 0.2) is 11.6 Å². The third-order valence-corrected chi connectivity index (χ3v) is 5.36. The van der Waals surface area contributed by atoms with E-state index in [1.54, 1.807) is 24.4 Å². The van der Waals surface area contributed by atoms with Gasteiger partial charge in [0, 0.05) is 11.3 Å². The van der Waals surface area contributed by atoms with Crippen molar-refractivity contribution < 1.29 is 22.3 Å². The molecular formula is C29H21F4NO. The van der Waals surface area contributed by atoms with E-state index in [1.165, 1.54) is 12.1 Å². The van der Waals surface area contributed by atoms with Crippen molar-refractivity contribution in [2.75, 3.05) is 6.61 Å². The maximum absolute atomic E-state index is 14.6. The van der Waals surface area contributed by atoms with Gasteiger partial charge in [-0.05, 0) is 84.6 Å². The highest BCUT2D eigenvalue weighted by atomic mass is 19.2. The Morgan fingerprint density at radius 1 is 0.800 bits per heavy atom. The summed E-state index contributed by atoms with van der Waals surface area (Å²) >= 11 is 0. The topological polar surface area (TPSA) is 22.1 Å². The van der Waals surface area contributed by atoms with Gasteiger partial charge in [0.2, 0.25) is 0 Å². The second-order valence-electron chi connectivity index (χ2n) is 7.88. The van der Waals surface area contributed by atoms with Gasteiger partial charge < -0.3 is 4.74 Å². The van der Waals surface area contributed by atoms with Crippen LogP contribution >= 0.6 is 0 Å². The van der Waals surface area contributed by atoms with E-state index >= 15 is 0 Å². The zero-order valence-corrected chi connectivity index (χ0v) is 18.9. The first-order valence-electron chi connectivity index (χ1n) is 11.0. The number of ether oxygens (including phenoxy) is 1. The van der Waals surface area contributed by atoms with E-state index in [0.717, 1.165) is 17.8 Å².